The largest absolute Gasteiger partial charge is 0.390 e. The minimum Gasteiger partial charge on any atom is -0.390 e. The van der Waals surface area contributed by atoms with Gasteiger partial charge in [0.05, 0.1) is 12.2 Å². The monoisotopic (exact) mass is 415 g/mol. The van der Waals surface area contributed by atoms with Gasteiger partial charge in [-0.25, -0.2) is 0 Å². The van der Waals surface area contributed by atoms with Gasteiger partial charge in [0.25, 0.3) is 5.91 Å². The van der Waals surface area contributed by atoms with E-state index in [1.807, 2.05) is 0 Å². The summed E-state index contributed by atoms with van der Waals surface area (Å²) in [6.45, 7) is 2.73. The average Bonchev–Trinajstić information content (AvgIpc) is 2.68. The van der Waals surface area contributed by atoms with Crippen molar-refractivity contribution in [3.05, 3.63) is 0 Å². The van der Waals surface area contributed by atoms with Gasteiger partial charge in [-0.15, -0.1) is 0 Å². The third-order valence-electron chi connectivity index (χ3n) is 6.12. The van der Waals surface area contributed by atoms with E-state index >= 15 is 0 Å². The molecule has 5 N–H and O–H groups in total. The number of aliphatic hydroxyl groups excluding tert-OH is 3. The van der Waals surface area contributed by atoms with Crippen LogP contribution >= 0.6 is 0 Å². The maximum Gasteiger partial charge on any atom is 0.252 e. The van der Waals surface area contributed by atoms with E-state index in [1.165, 1.54) is 70.6 Å². The van der Waals surface area contributed by atoms with Crippen LogP contribution in [-0.2, 0) is 4.79 Å². The van der Waals surface area contributed by atoms with E-state index in [9.17, 15) is 25.2 Å². The molecule has 0 aromatic carbocycles. The third kappa shape index (κ3) is 10.8. The second kappa shape index (κ2) is 15.2. The van der Waals surface area contributed by atoms with Crippen LogP contribution in [0.3, 0.4) is 0 Å². The normalized spacial score (nSPS) is 27.1. The molecule has 0 unspecified atom stereocenters. The van der Waals surface area contributed by atoms with E-state index in [2.05, 4.69) is 12.2 Å². The van der Waals surface area contributed by atoms with Crippen molar-refractivity contribution < 1.29 is 25.2 Å². The maximum atomic E-state index is 12.2. The number of carbonyl (C=O) groups excluding carboxylic acids is 1. The summed E-state index contributed by atoms with van der Waals surface area (Å²) in [6.07, 6.45) is 13.4. The molecule has 1 aliphatic carbocycles. The molecular formula is C23H45NO5. The van der Waals surface area contributed by atoms with Crippen LogP contribution in [0.25, 0.3) is 0 Å². The molecule has 0 aliphatic heterocycles. The fourth-order valence-corrected chi connectivity index (χ4v) is 4.14. The van der Waals surface area contributed by atoms with Gasteiger partial charge in [0.2, 0.25) is 0 Å². The molecule has 1 amide bonds. The number of nitrogens with one attached hydrogen (secondary N) is 1. The number of hydrogen-bond donors (Lipinski definition) is 5. The lowest BCUT2D eigenvalue weighted by Gasteiger charge is -2.39. The summed E-state index contributed by atoms with van der Waals surface area (Å²) in [6, 6.07) is 0. The highest BCUT2D eigenvalue weighted by Gasteiger charge is 2.48. The smallest absolute Gasteiger partial charge is 0.252 e. The highest BCUT2D eigenvalue weighted by atomic mass is 16.4. The van der Waals surface area contributed by atoms with Crippen molar-refractivity contribution in [3.63, 3.8) is 0 Å². The maximum absolute atomic E-state index is 12.2. The van der Waals surface area contributed by atoms with E-state index < -0.39 is 29.8 Å². The standard InChI is InChI=1S/C23H45NO5/c1-2-3-4-5-6-7-8-9-10-11-12-13-14-15-16-24-22(28)23(29)17-19(25)21(27)20(26)18-23/h19-21,25-27,29H,2-18H2,1H3,(H,24,28)/t19-,20-,21?,23?/m1/s1. The van der Waals surface area contributed by atoms with Crippen LogP contribution in [0.4, 0.5) is 0 Å². The number of carbonyl (C=O) groups is 1. The van der Waals surface area contributed by atoms with Crippen LogP contribution in [0.15, 0.2) is 0 Å². The summed E-state index contributed by atoms with van der Waals surface area (Å²) in [5.41, 5.74) is -1.81. The Morgan fingerprint density at radius 2 is 1.14 bits per heavy atom. The van der Waals surface area contributed by atoms with E-state index in [0.29, 0.717) is 6.54 Å². The van der Waals surface area contributed by atoms with Gasteiger partial charge in [-0.3, -0.25) is 4.79 Å². The average molecular weight is 416 g/mol. The lowest BCUT2D eigenvalue weighted by molar-refractivity contribution is -0.172. The summed E-state index contributed by atoms with van der Waals surface area (Å²) in [5, 5.41) is 42.0. The van der Waals surface area contributed by atoms with Gasteiger partial charge in [0.15, 0.2) is 0 Å². The predicted molar refractivity (Wildman–Crippen MR) is 116 cm³/mol. The molecule has 1 saturated carbocycles. The lowest BCUT2D eigenvalue weighted by atomic mass is 9.79. The number of amides is 1. The third-order valence-corrected chi connectivity index (χ3v) is 6.12. The van der Waals surface area contributed by atoms with Crippen molar-refractivity contribution in [2.75, 3.05) is 6.54 Å². The first kappa shape index (κ1) is 26.3. The Kier molecular flexibility index (Phi) is 13.8. The molecule has 1 aliphatic rings. The highest BCUT2D eigenvalue weighted by Crippen LogP contribution is 2.29. The second-order valence-corrected chi connectivity index (χ2v) is 8.92. The zero-order chi connectivity index (χ0) is 21.5. The van der Waals surface area contributed by atoms with E-state index in [-0.39, 0.29) is 12.8 Å². The molecule has 0 bridgehead atoms. The summed E-state index contributed by atoms with van der Waals surface area (Å²) in [4.78, 5) is 12.2. The highest BCUT2D eigenvalue weighted by molar-refractivity contribution is 5.85. The Labute approximate surface area is 177 Å². The zero-order valence-corrected chi connectivity index (χ0v) is 18.4. The predicted octanol–water partition coefficient (Wildman–Crippen LogP) is 3.19. The Morgan fingerprint density at radius 3 is 1.55 bits per heavy atom. The first-order chi connectivity index (χ1) is 13.9. The number of unbranched alkanes of at least 4 members (excludes halogenated alkanes) is 13. The van der Waals surface area contributed by atoms with Crippen molar-refractivity contribution in [1.82, 2.24) is 5.32 Å². The van der Waals surface area contributed by atoms with Gasteiger partial charge in [-0.05, 0) is 6.42 Å². The van der Waals surface area contributed by atoms with E-state index in [1.54, 1.807) is 0 Å². The molecule has 0 heterocycles. The summed E-state index contributed by atoms with van der Waals surface area (Å²) >= 11 is 0. The molecule has 1 fully saturated rings. The molecule has 1 rings (SSSR count). The van der Waals surface area contributed by atoms with Crippen LogP contribution in [0.2, 0.25) is 0 Å². The fraction of sp³-hybridized carbons (Fsp3) is 0.957. The van der Waals surface area contributed by atoms with Gasteiger partial charge < -0.3 is 25.7 Å². The number of rotatable bonds is 16. The van der Waals surface area contributed by atoms with Gasteiger partial charge in [0, 0.05) is 19.4 Å². The Morgan fingerprint density at radius 1 is 0.759 bits per heavy atom. The fourth-order valence-electron chi connectivity index (χ4n) is 4.14. The molecule has 29 heavy (non-hydrogen) atoms. The van der Waals surface area contributed by atoms with Crippen molar-refractivity contribution in [1.29, 1.82) is 0 Å². The molecule has 2 atom stereocenters. The molecule has 0 saturated heterocycles. The topological polar surface area (TPSA) is 110 Å². The summed E-state index contributed by atoms with van der Waals surface area (Å²) < 4.78 is 0. The van der Waals surface area contributed by atoms with Crippen LogP contribution in [0.1, 0.15) is 110 Å². The zero-order valence-electron chi connectivity index (χ0n) is 18.4. The van der Waals surface area contributed by atoms with Crippen molar-refractivity contribution >= 4 is 5.91 Å². The van der Waals surface area contributed by atoms with Crippen molar-refractivity contribution in [2.45, 2.75) is 134 Å². The molecular weight excluding hydrogens is 370 g/mol. The van der Waals surface area contributed by atoms with Gasteiger partial charge in [-0.1, -0.05) is 90.4 Å². The summed E-state index contributed by atoms with van der Waals surface area (Å²) in [5.74, 6) is -0.572. The van der Waals surface area contributed by atoms with Crippen LogP contribution < -0.4 is 5.32 Å². The van der Waals surface area contributed by atoms with Crippen LogP contribution in [0.5, 0.6) is 0 Å². The minimum atomic E-state index is -1.81. The molecule has 6 nitrogen and oxygen atoms in total. The van der Waals surface area contributed by atoms with E-state index in [0.717, 1.165) is 19.3 Å². The quantitative estimate of drug-likeness (QED) is 0.249. The minimum absolute atomic E-state index is 0.254. The Balaban J connectivity index is 1.94. The first-order valence-electron chi connectivity index (χ1n) is 12.0. The first-order valence-corrected chi connectivity index (χ1v) is 12.0. The summed E-state index contributed by atoms with van der Waals surface area (Å²) in [7, 11) is 0. The molecule has 0 radical (unpaired) electrons. The second-order valence-electron chi connectivity index (χ2n) is 8.92. The van der Waals surface area contributed by atoms with Gasteiger partial charge in [-0.2, -0.15) is 0 Å². The van der Waals surface area contributed by atoms with Crippen LogP contribution in [0, 0.1) is 0 Å². The lowest BCUT2D eigenvalue weighted by Crippen LogP contribution is -2.59. The Bertz CT molecular complexity index is 419. The molecule has 6 heteroatoms. The molecule has 0 aromatic heterocycles. The number of aliphatic hydroxyl groups is 4. The molecule has 0 spiro atoms. The van der Waals surface area contributed by atoms with E-state index in [4.69, 9.17) is 0 Å². The SMILES string of the molecule is CCCCCCCCCCCCCCCCNC(=O)C1(O)C[C@@H](O)C(O)[C@H](O)C1. The molecule has 172 valence electrons. The van der Waals surface area contributed by atoms with Gasteiger partial charge >= 0.3 is 0 Å². The van der Waals surface area contributed by atoms with Crippen LogP contribution in [-0.4, -0.2) is 56.8 Å². The Hall–Kier alpha value is -0.690. The van der Waals surface area contributed by atoms with Crippen molar-refractivity contribution in [3.8, 4) is 0 Å². The number of hydrogen-bond acceptors (Lipinski definition) is 5. The van der Waals surface area contributed by atoms with Gasteiger partial charge in [0.1, 0.15) is 11.7 Å². The van der Waals surface area contributed by atoms with Crippen molar-refractivity contribution in [2.24, 2.45) is 0 Å². The molecule has 0 aromatic rings.